The van der Waals surface area contributed by atoms with Gasteiger partial charge in [0.2, 0.25) is 0 Å². The zero-order valence-electron chi connectivity index (χ0n) is 15.4. The molecule has 0 aliphatic rings. The van der Waals surface area contributed by atoms with Crippen LogP contribution in [-0.2, 0) is 20.6 Å². The lowest BCUT2D eigenvalue weighted by atomic mass is 10.1. The fraction of sp³-hybridized carbons (Fsp3) is 0.350. The molecule has 0 amide bonds. The highest BCUT2D eigenvalue weighted by Crippen LogP contribution is 2.21. The Kier molecular flexibility index (Phi) is 5.44. The molecule has 0 saturated carbocycles. The largest absolute Gasteiger partial charge is 0.491 e. The third kappa shape index (κ3) is 3.66. The Morgan fingerprint density at radius 1 is 1.08 bits per heavy atom. The Balaban J connectivity index is 1.68. The van der Waals surface area contributed by atoms with Gasteiger partial charge in [-0.1, -0.05) is 25.1 Å². The van der Waals surface area contributed by atoms with Crippen molar-refractivity contribution in [2.75, 3.05) is 13.2 Å². The van der Waals surface area contributed by atoms with Crippen LogP contribution in [0.4, 0.5) is 0 Å². The van der Waals surface area contributed by atoms with Crippen molar-refractivity contribution in [1.82, 2.24) is 14.5 Å². The maximum absolute atomic E-state index is 12.0. The molecule has 1 aromatic heterocycles. The van der Waals surface area contributed by atoms with E-state index in [4.69, 9.17) is 4.74 Å². The number of aryl methyl sites for hydroxylation is 2. The smallest absolute Gasteiger partial charge is 0.328 e. The summed E-state index contributed by atoms with van der Waals surface area (Å²) >= 11 is 0. The number of fused-ring (bicyclic) bond motifs is 1. The average Bonchev–Trinajstić information content (AvgIpc) is 2.89. The van der Waals surface area contributed by atoms with Crippen molar-refractivity contribution in [2.24, 2.45) is 14.1 Å². The number of nitrogens with one attached hydrogen (secondary N) is 1. The number of aliphatic hydroxyl groups excluding tert-OH is 1. The van der Waals surface area contributed by atoms with Crippen molar-refractivity contribution in [3.8, 4) is 5.75 Å². The number of hydrogen-bond donors (Lipinski definition) is 2. The maximum Gasteiger partial charge on any atom is 0.328 e. The van der Waals surface area contributed by atoms with Gasteiger partial charge in [-0.15, -0.1) is 0 Å². The molecular weight excluding hydrogens is 330 g/mol. The highest BCUT2D eigenvalue weighted by molar-refractivity contribution is 5.76. The van der Waals surface area contributed by atoms with E-state index < -0.39 is 6.10 Å². The minimum absolute atomic E-state index is 0.0828. The number of ether oxygens (including phenoxy) is 1. The summed E-state index contributed by atoms with van der Waals surface area (Å²) in [7, 11) is 3.47. The van der Waals surface area contributed by atoms with E-state index in [1.165, 1.54) is 5.56 Å². The van der Waals surface area contributed by atoms with E-state index in [1.54, 1.807) is 23.2 Å². The van der Waals surface area contributed by atoms with Crippen LogP contribution in [0.3, 0.4) is 0 Å². The van der Waals surface area contributed by atoms with Gasteiger partial charge in [-0.2, -0.15) is 0 Å². The summed E-state index contributed by atoms with van der Waals surface area (Å²) in [6.45, 7) is 3.99. The quantitative estimate of drug-likeness (QED) is 0.681. The molecule has 0 saturated heterocycles. The molecule has 3 aromatic rings. The van der Waals surface area contributed by atoms with Gasteiger partial charge in [-0.25, -0.2) is 4.79 Å². The first-order valence-corrected chi connectivity index (χ1v) is 8.77. The molecule has 6 heteroatoms. The molecule has 0 aliphatic carbocycles. The molecule has 0 bridgehead atoms. The van der Waals surface area contributed by atoms with Crippen LogP contribution in [0.25, 0.3) is 11.0 Å². The Bertz CT molecular complexity index is 941. The molecule has 0 radical (unpaired) electrons. The van der Waals surface area contributed by atoms with E-state index in [2.05, 4.69) is 12.2 Å². The Hall–Kier alpha value is -2.57. The van der Waals surface area contributed by atoms with Gasteiger partial charge >= 0.3 is 5.69 Å². The van der Waals surface area contributed by atoms with Gasteiger partial charge in [-0.05, 0) is 41.9 Å². The fourth-order valence-corrected chi connectivity index (χ4v) is 2.98. The van der Waals surface area contributed by atoms with Crippen LogP contribution in [0, 0.1) is 0 Å². The lowest BCUT2D eigenvalue weighted by Gasteiger charge is -2.13. The predicted octanol–water partition coefficient (Wildman–Crippen LogP) is 2.10. The molecule has 0 aliphatic heterocycles. The number of hydrogen-bond acceptors (Lipinski definition) is 4. The van der Waals surface area contributed by atoms with Gasteiger partial charge in [0.15, 0.2) is 0 Å². The van der Waals surface area contributed by atoms with Gasteiger partial charge < -0.3 is 15.2 Å². The minimum Gasteiger partial charge on any atom is -0.491 e. The van der Waals surface area contributed by atoms with Crippen molar-refractivity contribution < 1.29 is 9.84 Å². The number of benzene rings is 2. The summed E-state index contributed by atoms with van der Waals surface area (Å²) in [6, 6.07) is 13.4. The molecule has 26 heavy (non-hydrogen) atoms. The zero-order chi connectivity index (χ0) is 18.7. The molecule has 3 rings (SSSR count). The second-order valence-corrected chi connectivity index (χ2v) is 6.40. The summed E-state index contributed by atoms with van der Waals surface area (Å²) in [6.07, 6.45) is -0.767. The lowest BCUT2D eigenvalue weighted by molar-refractivity contribution is 0.108. The Morgan fingerprint density at radius 3 is 2.46 bits per heavy atom. The second-order valence-electron chi connectivity index (χ2n) is 6.40. The standard InChI is InChI=1S/C20H25N3O3/c1-4-21-12-14-5-8-16(9-6-14)26-13-19(24)15-7-10-17-18(11-15)23(3)20(25)22(17)2/h5-11,19,21,24H,4,12-13H2,1-3H3. The van der Waals surface area contributed by atoms with Crippen LogP contribution < -0.4 is 15.7 Å². The number of aliphatic hydroxyl groups is 1. The van der Waals surface area contributed by atoms with E-state index in [-0.39, 0.29) is 12.3 Å². The molecule has 1 heterocycles. The molecular formula is C20H25N3O3. The van der Waals surface area contributed by atoms with Gasteiger partial charge in [0.1, 0.15) is 18.5 Å². The average molecular weight is 355 g/mol. The normalized spacial score (nSPS) is 12.5. The van der Waals surface area contributed by atoms with Crippen molar-refractivity contribution in [3.63, 3.8) is 0 Å². The molecule has 1 atom stereocenters. The highest BCUT2D eigenvalue weighted by Gasteiger charge is 2.13. The topological polar surface area (TPSA) is 68.4 Å². The van der Waals surface area contributed by atoms with Crippen LogP contribution in [0.2, 0.25) is 0 Å². The zero-order valence-corrected chi connectivity index (χ0v) is 15.4. The molecule has 0 spiro atoms. The summed E-state index contributed by atoms with van der Waals surface area (Å²) in [5.74, 6) is 0.720. The van der Waals surface area contributed by atoms with Crippen molar-refractivity contribution >= 4 is 11.0 Å². The first kappa shape index (κ1) is 18.2. The van der Waals surface area contributed by atoms with Gasteiger partial charge in [0.25, 0.3) is 0 Å². The van der Waals surface area contributed by atoms with Gasteiger partial charge in [-0.3, -0.25) is 9.13 Å². The summed E-state index contributed by atoms with van der Waals surface area (Å²) < 4.78 is 8.88. The van der Waals surface area contributed by atoms with Crippen LogP contribution in [0.5, 0.6) is 5.75 Å². The van der Waals surface area contributed by atoms with E-state index in [0.717, 1.165) is 35.4 Å². The third-order valence-electron chi connectivity index (χ3n) is 4.59. The second kappa shape index (κ2) is 7.76. The Labute approximate surface area is 152 Å². The number of nitrogens with zero attached hydrogens (tertiary/aromatic N) is 2. The number of imidazole rings is 1. The third-order valence-corrected chi connectivity index (χ3v) is 4.59. The number of rotatable bonds is 7. The molecule has 1 unspecified atom stereocenters. The van der Waals surface area contributed by atoms with Crippen LogP contribution >= 0.6 is 0 Å². The molecule has 2 aromatic carbocycles. The molecule has 138 valence electrons. The van der Waals surface area contributed by atoms with E-state index in [0.29, 0.717) is 0 Å². The molecule has 6 nitrogen and oxygen atoms in total. The summed E-state index contributed by atoms with van der Waals surface area (Å²) in [4.78, 5) is 12.0. The van der Waals surface area contributed by atoms with Crippen molar-refractivity contribution in [1.29, 1.82) is 0 Å². The SMILES string of the molecule is CCNCc1ccc(OCC(O)c2ccc3c(c2)n(C)c(=O)n3C)cc1. The monoisotopic (exact) mass is 355 g/mol. The van der Waals surface area contributed by atoms with Crippen molar-refractivity contribution in [3.05, 3.63) is 64.1 Å². The van der Waals surface area contributed by atoms with Crippen LogP contribution in [-0.4, -0.2) is 27.4 Å². The lowest BCUT2D eigenvalue weighted by Crippen LogP contribution is -2.19. The maximum atomic E-state index is 12.0. The summed E-state index contributed by atoms with van der Waals surface area (Å²) in [5, 5.41) is 13.7. The van der Waals surface area contributed by atoms with Gasteiger partial charge in [0, 0.05) is 20.6 Å². The van der Waals surface area contributed by atoms with Crippen LogP contribution in [0.15, 0.2) is 47.3 Å². The van der Waals surface area contributed by atoms with Crippen LogP contribution in [0.1, 0.15) is 24.2 Å². The van der Waals surface area contributed by atoms with Crippen molar-refractivity contribution in [2.45, 2.75) is 19.6 Å². The van der Waals surface area contributed by atoms with E-state index in [9.17, 15) is 9.90 Å². The molecule has 0 fully saturated rings. The van der Waals surface area contributed by atoms with E-state index >= 15 is 0 Å². The summed E-state index contributed by atoms with van der Waals surface area (Å²) in [5.41, 5.74) is 3.46. The molecule has 2 N–H and O–H groups in total. The fourth-order valence-electron chi connectivity index (χ4n) is 2.98. The predicted molar refractivity (Wildman–Crippen MR) is 102 cm³/mol. The minimum atomic E-state index is -0.767. The first-order chi connectivity index (χ1) is 12.5. The van der Waals surface area contributed by atoms with Gasteiger partial charge in [0.05, 0.1) is 11.0 Å². The first-order valence-electron chi connectivity index (χ1n) is 8.77. The van der Waals surface area contributed by atoms with E-state index in [1.807, 2.05) is 42.5 Å². The Morgan fingerprint density at radius 2 is 1.77 bits per heavy atom. The number of aromatic nitrogens is 2. The highest BCUT2D eigenvalue weighted by atomic mass is 16.5.